The Balaban J connectivity index is 1.85. The Kier molecular flexibility index (Phi) is 6.02. The third-order valence-corrected chi connectivity index (χ3v) is 6.25. The molecule has 0 saturated carbocycles. The first-order valence-corrected chi connectivity index (χ1v) is 10.0. The SMILES string of the molecule is Cc1ccccc1C=NNc1ccc(S(=O)(=O)N2CCOCC2)cc1[N+](=O)[O-]. The van der Waals surface area contributed by atoms with E-state index in [0.717, 1.165) is 17.2 Å². The minimum absolute atomic E-state index is 0.107. The van der Waals surface area contributed by atoms with Crippen LogP contribution in [0.2, 0.25) is 0 Å². The van der Waals surface area contributed by atoms with Crippen molar-refractivity contribution in [1.82, 2.24) is 4.31 Å². The molecule has 1 aliphatic heterocycles. The minimum Gasteiger partial charge on any atom is -0.379 e. The van der Waals surface area contributed by atoms with Crippen LogP contribution in [-0.2, 0) is 14.8 Å². The third-order valence-electron chi connectivity index (χ3n) is 4.35. The van der Waals surface area contributed by atoms with E-state index < -0.39 is 14.9 Å². The van der Waals surface area contributed by atoms with Gasteiger partial charge in [-0.2, -0.15) is 9.41 Å². The van der Waals surface area contributed by atoms with Crippen LogP contribution in [0.4, 0.5) is 11.4 Å². The topological polar surface area (TPSA) is 114 Å². The van der Waals surface area contributed by atoms with E-state index in [4.69, 9.17) is 4.74 Å². The normalized spacial score (nSPS) is 15.6. The minimum atomic E-state index is -3.82. The second kappa shape index (κ2) is 8.46. The quantitative estimate of drug-likeness (QED) is 0.449. The van der Waals surface area contributed by atoms with Crippen molar-refractivity contribution < 1.29 is 18.1 Å². The van der Waals surface area contributed by atoms with Crippen LogP contribution in [0.25, 0.3) is 0 Å². The van der Waals surface area contributed by atoms with Crippen LogP contribution in [0.15, 0.2) is 52.5 Å². The molecule has 0 aliphatic carbocycles. The molecule has 0 unspecified atom stereocenters. The standard InChI is InChI=1S/C18H20N4O5S/c1-14-4-2-3-5-15(14)13-19-20-17-7-6-16(12-18(17)22(23)24)28(25,26)21-8-10-27-11-9-21/h2-7,12-13,20H,8-11H2,1H3. The molecule has 0 spiro atoms. The molecule has 2 aromatic carbocycles. The highest BCUT2D eigenvalue weighted by molar-refractivity contribution is 7.89. The second-order valence-electron chi connectivity index (χ2n) is 6.18. The maximum absolute atomic E-state index is 12.7. The molecule has 1 N–H and O–H groups in total. The molecule has 9 nitrogen and oxygen atoms in total. The lowest BCUT2D eigenvalue weighted by atomic mass is 10.1. The van der Waals surface area contributed by atoms with Crippen molar-refractivity contribution in [2.75, 3.05) is 31.7 Å². The lowest BCUT2D eigenvalue weighted by Gasteiger charge is -2.26. The number of benzene rings is 2. The van der Waals surface area contributed by atoms with Gasteiger partial charge in [0, 0.05) is 19.2 Å². The summed E-state index contributed by atoms with van der Waals surface area (Å²) in [5.41, 5.74) is 4.24. The fourth-order valence-corrected chi connectivity index (χ4v) is 4.19. The van der Waals surface area contributed by atoms with Gasteiger partial charge in [-0.15, -0.1) is 0 Å². The van der Waals surface area contributed by atoms with Crippen molar-refractivity contribution in [2.24, 2.45) is 5.10 Å². The number of nitrogens with one attached hydrogen (secondary N) is 1. The summed E-state index contributed by atoms with van der Waals surface area (Å²) in [5.74, 6) is 0. The van der Waals surface area contributed by atoms with Crippen LogP contribution >= 0.6 is 0 Å². The molecule has 3 rings (SSSR count). The fourth-order valence-electron chi connectivity index (χ4n) is 2.76. The summed E-state index contributed by atoms with van der Waals surface area (Å²) in [6.07, 6.45) is 1.55. The Morgan fingerprint density at radius 1 is 1.21 bits per heavy atom. The molecule has 148 valence electrons. The molecule has 2 aromatic rings. The number of morpholine rings is 1. The summed E-state index contributed by atoms with van der Waals surface area (Å²) >= 11 is 0. The number of sulfonamides is 1. The van der Waals surface area contributed by atoms with Crippen molar-refractivity contribution in [2.45, 2.75) is 11.8 Å². The zero-order valence-corrected chi connectivity index (χ0v) is 16.1. The molecule has 10 heteroatoms. The lowest BCUT2D eigenvalue weighted by Crippen LogP contribution is -2.40. The molecule has 0 radical (unpaired) electrons. The number of ether oxygens (including phenoxy) is 1. The van der Waals surface area contributed by atoms with Crippen molar-refractivity contribution in [3.63, 3.8) is 0 Å². The number of nitro groups is 1. The van der Waals surface area contributed by atoms with E-state index in [2.05, 4.69) is 10.5 Å². The van der Waals surface area contributed by atoms with E-state index in [1.807, 2.05) is 31.2 Å². The predicted molar refractivity (Wildman–Crippen MR) is 105 cm³/mol. The summed E-state index contributed by atoms with van der Waals surface area (Å²) in [4.78, 5) is 10.7. The predicted octanol–water partition coefficient (Wildman–Crippen LogP) is 2.37. The summed E-state index contributed by atoms with van der Waals surface area (Å²) in [6, 6.07) is 11.3. The first kappa shape index (κ1) is 19.9. The molecule has 1 aliphatic rings. The van der Waals surface area contributed by atoms with Crippen molar-refractivity contribution in [3.8, 4) is 0 Å². The zero-order valence-electron chi connectivity index (χ0n) is 15.2. The zero-order chi connectivity index (χ0) is 20.1. The molecule has 1 saturated heterocycles. The highest BCUT2D eigenvalue weighted by Gasteiger charge is 2.28. The van der Waals surface area contributed by atoms with Crippen molar-refractivity contribution in [3.05, 3.63) is 63.7 Å². The maximum atomic E-state index is 12.7. The van der Waals surface area contributed by atoms with Gasteiger partial charge < -0.3 is 4.74 Å². The number of hydrogen-bond donors (Lipinski definition) is 1. The third kappa shape index (κ3) is 4.35. The van der Waals surface area contributed by atoms with E-state index in [1.165, 1.54) is 16.4 Å². The Bertz CT molecular complexity index is 1000. The summed E-state index contributed by atoms with van der Waals surface area (Å²) in [5, 5.41) is 15.5. The Morgan fingerprint density at radius 2 is 1.93 bits per heavy atom. The van der Waals surface area contributed by atoms with Gasteiger partial charge in [0.25, 0.3) is 5.69 Å². The summed E-state index contributed by atoms with van der Waals surface area (Å²) in [7, 11) is -3.82. The second-order valence-corrected chi connectivity index (χ2v) is 8.12. The van der Waals surface area contributed by atoms with Gasteiger partial charge in [-0.1, -0.05) is 24.3 Å². The van der Waals surface area contributed by atoms with Gasteiger partial charge in [-0.25, -0.2) is 8.42 Å². The van der Waals surface area contributed by atoms with Gasteiger partial charge in [0.15, 0.2) is 0 Å². The Morgan fingerprint density at radius 3 is 2.61 bits per heavy atom. The number of hydrogen-bond acceptors (Lipinski definition) is 7. The monoisotopic (exact) mass is 404 g/mol. The Labute approximate surface area is 162 Å². The van der Waals surface area contributed by atoms with Crippen LogP contribution in [-0.4, -0.2) is 50.2 Å². The maximum Gasteiger partial charge on any atom is 0.295 e. The van der Waals surface area contributed by atoms with Crippen molar-refractivity contribution in [1.29, 1.82) is 0 Å². The van der Waals surface area contributed by atoms with Crippen molar-refractivity contribution >= 4 is 27.6 Å². The molecule has 0 atom stereocenters. The van der Waals surface area contributed by atoms with Gasteiger partial charge >= 0.3 is 0 Å². The first-order valence-electron chi connectivity index (χ1n) is 8.60. The number of rotatable bonds is 6. The molecule has 0 bridgehead atoms. The highest BCUT2D eigenvalue weighted by atomic mass is 32.2. The van der Waals surface area contributed by atoms with E-state index >= 15 is 0 Å². The lowest BCUT2D eigenvalue weighted by molar-refractivity contribution is -0.384. The van der Waals surface area contributed by atoms with E-state index in [0.29, 0.717) is 13.2 Å². The Hall–Kier alpha value is -2.82. The van der Waals surface area contributed by atoms with E-state index in [1.54, 1.807) is 6.21 Å². The number of aryl methyl sites for hydroxylation is 1. The largest absolute Gasteiger partial charge is 0.379 e. The van der Waals surface area contributed by atoms with Crippen LogP contribution in [0.1, 0.15) is 11.1 Å². The smallest absolute Gasteiger partial charge is 0.295 e. The van der Waals surface area contributed by atoms with Gasteiger partial charge in [0.05, 0.1) is 29.2 Å². The molecule has 1 heterocycles. The first-order chi connectivity index (χ1) is 13.4. The molecule has 0 aromatic heterocycles. The number of anilines is 1. The average molecular weight is 404 g/mol. The van der Waals surface area contributed by atoms with E-state index in [9.17, 15) is 18.5 Å². The van der Waals surface area contributed by atoms with Crippen LogP contribution in [0.5, 0.6) is 0 Å². The molecular weight excluding hydrogens is 384 g/mol. The summed E-state index contributed by atoms with van der Waals surface area (Å²) < 4.78 is 31.8. The van der Waals surface area contributed by atoms with Gasteiger partial charge in [-0.3, -0.25) is 15.5 Å². The molecule has 0 amide bonds. The van der Waals surface area contributed by atoms with Crippen LogP contribution in [0.3, 0.4) is 0 Å². The fraction of sp³-hybridized carbons (Fsp3) is 0.278. The molecular formula is C18H20N4O5S. The number of nitrogens with zero attached hydrogens (tertiary/aromatic N) is 3. The van der Waals surface area contributed by atoms with Gasteiger partial charge in [0.2, 0.25) is 10.0 Å². The number of hydrazone groups is 1. The highest BCUT2D eigenvalue weighted by Crippen LogP contribution is 2.29. The van der Waals surface area contributed by atoms with Gasteiger partial charge in [-0.05, 0) is 30.2 Å². The van der Waals surface area contributed by atoms with Crippen LogP contribution < -0.4 is 5.43 Å². The van der Waals surface area contributed by atoms with Crippen LogP contribution in [0, 0.1) is 17.0 Å². The van der Waals surface area contributed by atoms with E-state index in [-0.39, 0.29) is 29.4 Å². The number of nitro benzene ring substituents is 1. The molecule has 1 fully saturated rings. The summed E-state index contributed by atoms with van der Waals surface area (Å²) in [6.45, 7) is 2.96. The molecule has 28 heavy (non-hydrogen) atoms. The average Bonchev–Trinajstić information content (AvgIpc) is 2.70. The van der Waals surface area contributed by atoms with Gasteiger partial charge in [0.1, 0.15) is 5.69 Å².